The summed E-state index contributed by atoms with van der Waals surface area (Å²) in [6.07, 6.45) is 11.8. The van der Waals surface area contributed by atoms with Gasteiger partial charge in [-0.15, -0.1) is 0 Å². The van der Waals surface area contributed by atoms with Gasteiger partial charge < -0.3 is 5.11 Å². The van der Waals surface area contributed by atoms with Crippen LogP contribution >= 0.6 is 11.8 Å². The van der Waals surface area contributed by atoms with Crippen molar-refractivity contribution in [3.8, 4) is 0 Å². The minimum absolute atomic E-state index is 0.00574. The predicted octanol–water partition coefficient (Wildman–Crippen LogP) is 3.85. The van der Waals surface area contributed by atoms with Crippen LogP contribution in [0.4, 0.5) is 0 Å². The third kappa shape index (κ3) is 3.96. The number of rotatable bonds is 3. The van der Waals surface area contributed by atoms with Gasteiger partial charge in [-0.2, -0.15) is 11.8 Å². The Hall–Kier alpha value is 0.310. The first-order valence-corrected chi connectivity index (χ1v) is 8.27. The molecule has 1 saturated heterocycles. The van der Waals surface area contributed by atoms with Crippen LogP contribution in [-0.4, -0.2) is 22.7 Å². The average molecular weight is 242 g/mol. The summed E-state index contributed by atoms with van der Waals surface area (Å²) in [6.45, 7) is 0. The molecule has 1 heterocycles. The molecule has 2 rings (SSSR count). The Bertz CT molecular complexity index is 181. The summed E-state index contributed by atoms with van der Waals surface area (Å²) in [5, 5.41) is 10.3. The van der Waals surface area contributed by atoms with Crippen LogP contribution in [0.5, 0.6) is 0 Å². The molecule has 2 aliphatic rings. The van der Waals surface area contributed by atoms with Crippen LogP contribution in [0.3, 0.4) is 0 Å². The Morgan fingerprint density at radius 1 is 0.938 bits per heavy atom. The monoisotopic (exact) mass is 242 g/mol. The molecule has 1 saturated carbocycles. The topological polar surface area (TPSA) is 20.2 Å². The quantitative estimate of drug-likeness (QED) is 0.759. The molecule has 2 fully saturated rings. The summed E-state index contributed by atoms with van der Waals surface area (Å²) in [4.78, 5) is 0. The van der Waals surface area contributed by atoms with Crippen molar-refractivity contribution in [2.75, 3.05) is 11.5 Å². The van der Waals surface area contributed by atoms with Crippen molar-refractivity contribution in [2.24, 2.45) is 11.8 Å². The van der Waals surface area contributed by atoms with Gasteiger partial charge in [0, 0.05) is 0 Å². The molecule has 0 amide bonds. The standard InChI is InChI=1S/C14H26OS/c15-14(11-12-7-9-16-10-8-12)13-5-3-1-2-4-6-13/h12-15H,1-11H2. The summed E-state index contributed by atoms with van der Waals surface area (Å²) in [6, 6.07) is 0. The van der Waals surface area contributed by atoms with Crippen LogP contribution in [0.25, 0.3) is 0 Å². The lowest BCUT2D eigenvalue weighted by Crippen LogP contribution is -2.25. The van der Waals surface area contributed by atoms with E-state index in [2.05, 4.69) is 11.8 Å². The van der Waals surface area contributed by atoms with Crippen molar-refractivity contribution in [2.45, 2.75) is 63.9 Å². The van der Waals surface area contributed by atoms with Gasteiger partial charge in [-0.25, -0.2) is 0 Å². The van der Waals surface area contributed by atoms with Crippen molar-refractivity contribution in [1.82, 2.24) is 0 Å². The molecule has 1 aliphatic heterocycles. The highest BCUT2D eigenvalue weighted by Crippen LogP contribution is 2.32. The molecule has 0 bridgehead atoms. The van der Waals surface area contributed by atoms with Gasteiger partial charge >= 0.3 is 0 Å². The Kier molecular flexibility index (Phi) is 5.51. The van der Waals surface area contributed by atoms with E-state index in [1.807, 2.05) is 0 Å². The number of aliphatic hydroxyl groups excluding tert-OH is 1. The summed E-state index contributed by atoms with van der Waals surface area (Å²) in [7, 11) is 0. The molecule has 0 radical (unpaired) electrons. The van der Waals surface area contributed by atoms with E-state index < -0.39 is 0 Å². The molecular formula is C14H26OS. The molecule has 1 N–H and O–H groups in total. The van der Waals surface area contributed by atoms with Gasteiger partial charge in [0.25, 0.3) is 0 Å². The molecule has 0 spiro atoms. The lowest BCUT2D eigenvalue weighted by molar-refractivity contribution is 0.0721. The molecule has 1 nitrogen and oxygen atoms in total. The smallest absolute Gasteiger partial charge is 0.0571 e. The maximum atomic E-state index is 10.3. The number of hydrogen-bond acceptors (Lipinski definition) is 2. The van der Waals surface area contributed by atoms with Gasteiger partial charge in [-0.3, -0.25) is 0 Å². The number of aliphatic hydroxyl groups is 1. The third-order valence-corrected chi connectivity index (χ3v) is 5.41. The fourth-order valence-electron chi connectivity index (χ4n) is 3.21. The number of thioether (sulfide) groups is 1. The Labute approximate surface area is 104 Å². The van der Waals surface area contributed by atoms with E-state index in [0.29, 0.717) is 5.92 Å². The Morgan fingerprint density at radius 2 is 1.56 bits per heavy atom. The maximum Gasteiger partial charge on any atom is 0.0571 e. The summed E-state index contributed by atoms with van der Waals surface area (Å²) in [5.74, 6) is 4.08. The SMILES string of the molecule is OC(CC1CCSCC1)C1CCCCCC1. The second kappa shape index (κ2) is 6.90. The minimum atomic E-state index is 0.00574. The molecular weight excluding hydrogens is 216 g/mol. The van der Waals surface area contributed by atoms with Crippen LogP contribution in [0, 0.1) is 11.8 Å². The van der Waals surface area contributed by atoms with Crippen LogP contribution in [0.2, 0.25) is 0 Å². The fraction of sp³-hybridized carbons (Fsp3) is 1.00. The van der Waals surface area contributed by atoms with Gasteiger partial charge in [-0.1, -0.05) is 25.7 Å². The molecule has 0 aromatic carbocycles. The zero-order valence-corrected chi connectivity index (χ0v) is 11.2. The average Bonchev–Trinajstić information content (AvgIpc) is 2.59. The first kappa shape index (κ1) is 12.8. The van der Waals surface area contributed by atoms with Crippen LogP contribution < -0.4 is 0 Å². The van der Waals surface area contributed by atoms with Crippen LogP contribution in [-0.2, 0) is 0 Å². The highest BCUT2D eigenvalue weighted by molar-refractivity contribution is 7.99. The normalized spacial score (nSPS) is 27.6. The Balaban J connectivity index is 1.74. The largest absolute Gasteiger partial charge is 0.393 e. The van der Waals surface area contributed by atoms with E-state index in [1.54, 1.807) is 0 Å². The van der Waals surface area contributed by atoms with Crippen LogP contribution in [0.15, 0.2) is 0 Å². The molecule has 1 aliphatic carbocycles. The zero-order chi connectivity index (χ0) is 11.2. The van der Waals surface area contributed by atoms with Crippen molar-refractivity contribution in [1.29, 1.82) is 0 Å². The van der Waals surface area contributed by atoms with E-state index in [-0.39, 0.29) is 6.10 Å². The predicted molar refractivity (Wildman–Crippen MR) is 71.9 cm³/mol. The van der Waals surface area contributed by atoms with E-state index in [4.69, 9.17) is 0 Å². The maximum absolute atomic E-state index is 10.3. The van der Waals surface area contributed by atoms with E-state index in [0.717, 1.165) is 12.3 Å². The number of hydrogen-bond donors (Lipinski definition) is 1. The molecule has 0 aromatic heterocycles. The van der Waals surface area contributed by atoms with Gasteiger partial charge in [0.05, 0.1) is 6.10 Å². The molecule has 1 atom stereocenters. The minimum Gasteiger partial charge on any atom is -0.393 e. The van der Waals surface area contributed by atoms with Gasteiger partial charge in [0.2, 0.25) is 0 Å². The first-order valence-electron chi connectivity index (χ1n) is 7.12. The lowest BCUT2D eigenvalue weighted by Gasteiger charge is -2.28. The van der Waals surface area contributed by atoms with Gasteiger partial charge in [0.1, 0.15) is 0 Å². The summed E-state index contributed by atoms with van der Waals surface area (Å²) >= 11 is 2.08. The Morgan fingerprint density at radius 3 is 2.19 bits per heavy atom. The second-order valence-corrected chi connectivity index (χ2v) is 6.84. The lowest BCUT2D eigenvalue weighted by atomic mass is 9.86. The van der Waals surface area contributed by atoms with Crippen LogP contribution in [0.1, 0.15) is 57.8 Å². The summed E-state index contributed by atoms with van der Waals surface area (Å²) in [5.41, 5.74) is 0. The van der Waals surface area contributed by atoms with Crippen molar-refractivity contribution < 1.29 is 5.11 Å². The molecule has 2 heteroatoms. The van der Waals surface area contributed by atoms with E-state index in [9.17, 15) is 5.11 Å². The highest BCUT2D eigenvalue weighted by atomic mass is 32.2. The molecule has 94 valence electrons. The molecule has 0 aromatic rings. The van der Waals surface area contributed by atoms with Gasteiger partial charge in [-0.05, 0) is 55.4 Å². The molecule has 1 unspecified atom stereocenters. The second-order valence-electron chi connectivity index (χ2n) is 5.61. The van der Waals surface area contributed by atoms with Crippen molar-refractivity contribution in [3.05, 3.63) is 0 Å². The van der Waals surface area contributed by atoms with Crippen molar-refractivity contribution in [3.63, 3.8) is 0 Å². The van der Waals surface area contributed by atoms with Gasteiger partial charge in [0.15, 0.2) is 0 Å². The summed E-state index contributed by atoms with van der Waals surface area (Å²) < 4.78 is 0. The highest BCUT2D eigenvalue weighted by Gasteiger charge is 2.24. The molecule has 16 heavy (non-hydrogen) atoms. The zero-order valence-electron chi connectivity index (χ0n) is 10.4. The van der Waals surface area contributed by atoms with E-state index >= 15 is 0 Å². The fourth-order valence-corrected chi connectivity index (χ4v) is 4.42. The third-order valence-electron chi connectivity index (χ3n) is 4.36. The van der Waals surface area contributed by atoms with Crippen molar-refractivity contribution >= 4 is 11.8 Å². The first-order chi connectivity index (χ1) is 7.86. The van der Waals surface area contributed by atoms with E-state index in [1.165, 1.54) is 62.9 Å².